The number of aliphatic hydroxyl groups is 2. The molecule has 3 rings (SSSR count). The number of benzene rings is 2. The third kappa shape index (κ3) is 7.87. The van der Waals surface area contributed by atoms with Gasteiger partial charge in [0.2, 0.25) is 0 Å². The van der Waals surface area contributed by atoms with Crippen molar-refractivity contribution in [1.29, 1.82) is 0 Å². The Balaban J connectivity index is 1.95. The second-order valence-electron chi connectivity index (χ2n) is 9.92. The largest absolute Gasteiger partial charge is 0.550 e. The lowest BCUT2D eigenvalue weighted by Crippen LogP contribution is -2.29. The summed E-state index contributed by atoms with van der Waals surface area (Å²) in [5.74, 6) is -1.54. The van der Waals surface area contributed by atoms with Crippen LogP contribution in [-0.2, 0) is 17.8 Å². The lowest BCUT2D eigenvalue weighted by Gasteiger charge is -2.19. The van der Waals surface area contributed by atoms with E-state index in [9.17, 15) is 29.3 Å². The number of ether oxygens (including phenoxy) is 1. The number of amides is 1. The molecule has 0 saturated carbocycles. The van der Waals surface area contributed by atoms with E-state index in [1.807, 2.05) is 38.1 Å². The number of carbonyl (C=O) groups is 2. The lowest BCUT2D eigenvalue weighted by molar-refractivity contribution is -0.307. The molecule has 0 saturated heterocycles. The number of carboxylic acids is 1. The van der Waals surface area contributed by atoms with E-state index in [-0.39, 0.29) is 36.8 Å². The van der Waals surface area contributed by atoms with Crippen molar-refractivity contribution in [2.75, 3.05) is 14.2 Å². The molecule has 10 heteroatoms. The van der Waals surface area contributed by atoms with Crippen LogP contribution in [0.25, 0.3) is 5.69 Å². The molecule has 2 N–H and O–H groups in total. The zero-order valence-corrected chi connectivity index (χ0v) is 22.6. The minimum absolute atomic E-state index is 0.112. The third-order valence-corrected chi connectivity index (χ3v) is 6.43. The van der Waals surface area contributed by atoms with Crippen molar-refractivity contribution in [2.45, 2.75) is 64.2 Å². The van der Waals surface area contributed by atoms with Gasteiger partial charge in [0, 0.05) is 37.2 Å². The van der Waals surface area contributed by atoms with E-state index in [1.165, 1.54) is 12.1 Å². The standard InChI is InChI=1S/C29H36FN3O6/c1-18(2)27-25(13-12-22(34)15-23(35)16-26(36)37)33(21-10-8-20(30)9-11-21)31-28(27)29(38)32(3)17-19-6-5-7-24(14-19)39-4/h5-11,14,18,22-23,34-35H,12-13,15-17H2,1-4H3,(H,36,37)/p-1/t22-,23-/m1/s1. The van der Waals surface area contributed by atoms with Gasteiger partial charge >= 0.3 is 0 Å². The van der Waals surface area contributed by atoms with Crippen molar-refractivity contribution < 1.29 is 34.0 Å². The highest BCUT2D eigenvalue weighted by atomic mass is 19.1. The van der Waals surface area contributed by atoms with Crippen molar-refractivity contribution in [3.05, 3.63) is 76.9 Å². The number of halogens is 1. The molecule has 0 spiro atoms. The van der Waals surface area contributed by atoms with Crippen molar-refractivity contribution in [1.82, 2.24) is 14.7 Å². The number of rotatable bonds is 13. The first-order valence-corrected chi connectivity index (χ1v) is 12.8. The van der Waals surface area contributed by atoms with E-state index >= 15 is 0 Å². The van der Waals surface area contributed by atoms with Gasteiger partial charge in [-0.25, -0.2) is 9.07 Å². The first-order valence-electron chi connectivity index (χ1n) is 12.8. The summed E-state index contributed by atoms with van der Waals surface area (Å²) < 4.78 is 20.5. The van der Waals surface area contributed by atoms with Gasteiger partial charge in [0.05, 0.1) is 25.0 Å². The number of hydrogen-bond acceptors (Lipinski definition) is 7. The summed E-state index contributed by atoms with van der Waals surface area (Å²) in [7, 11) is 3.26. The molecule has 0 fully saturated rings. The van der Waals surface area contributed by atoms with Crippen LogP contribution in [-0.4, -0.2) is 63.1 Å². The summed E-state index contributed by atoms with van der Waals surface area (Å²) in [6.45, 7) is 4.20. The number of carbonyl (C=O) groups excluding carboxylic acids is 2. The Hall–Kier alpha value is -3.76. The van der Waals surface area contributed by atoms with Crippen LogP contribution in [0.15, 0.2) is 48.5 Å². The fourth-order valence-electron chi connectivity index (χ4n) is 4.57. The number of carboxylic acid groups (broad SMARTS) is 1. The van der Waals surface area contributed by atoms with Crippen molar-refractivity contribution in [3.8, 4) is 11.4 Å². The number of hydrogen-bond donors (Lipinski definition) is 2. The first-order chi connectivity index (χ1) is 18.5. The van der Waals surface area contributed by atoms with Gasteiger partial charge < -0.3 is 29.8 Å². The molecule has 0 aliphatic heterocycles. The van der Waals surface area contributed by atoms with E-state index < -0.39 is 30.4 Å². The molecule has 0 bridgehead atoms. The second kappa shape index (κ2) is 13.3. The highest BCUT2D eigenvalue weighted by Crippen LogP contribution is 2.29. The zero-order valence-electron chi connectivity index (χ0n) is 22.6. The SMILES string of the molecule is COc1cccc(CN(C)C(=O)c2nn(-c3ccc(F)cc3)c(CC[C@@H](O)C[C@@H](O)CC(=O)[O-])c2C(C)C)c1. The van der Waals surface area contributed by atoms with Crippen LogP contribution in [0.4, 0.5) is 4.39 Å². The Morgan fingerprint density at radius 1 is 1.13 bits per heavy atom. The van der Waals surface area contributed by atoms with Crippen LogP contribution in [0.3, 0.4) is 0 Å². The van der Waals surface area contributed by atoms with E-state index in [0.717, 1.165) is 5.56 Å². The molecule has 1 aromatic heterocycles. The van der Waals surface area contributed by atoms with Gasteiger partial charge in [-0.2, -0.15) is 5.10 Å². The van der Waals surface area contributed by atoms with Gasteiger partial charge in [0.25, 0.3) is 5.91 Å². The summed E-state index contributed by atoms with van der Waals surface area (Å²) in [5.41, 5.74) is 3.05. The molecule has 1 amide bonds. The predicted molar refractivity (Wildman–Crippen MR) is 141 cm³/mol. The number of aliphatic hydroxyl groups excluding tert-OH is 2. The van der Waals surface area contributed by atoms with Crippen LogP contribution in [0.2, 0.25) is 0 Å². The third-order valence-electron chi connectivity index (χ3n) is 6.43. The average Bonchev–Trinajstić information content (AvgIpc) is 3.26. The van der Waals surface area contributed by atoms with E-state index in [0.29, 0.717) is 29.2 Å². The van der Waals surface area contributed by atoms with E-state index in [1.54, 1.807) is 35.9 Å². The van der Waals surface area contributed by atoms with Gasteiger partial charge in [-0.1, -0.05) is 26.0 Å². The molecule has 1 heterocycles. The van der Waals surface area contributed by atoms with Crippen molar-refractivity contribution >= 4 is 11.9 Å². The van der Waals surface area contributed by atoms with E-state index in [2.05, 4.69) is 5.10 Å². The summed E-state index contributed by atoms with van der Waals surface area (Å²) in [4.78, 5) is 26.0. The Morgan fingerprint density at radius 2 is 1.82 bits per heavy atom. The maximum absolute atomic E-state index is 13.7. The minimum atomic E-state index is -1.40. The number of aliphatic carboxylic acids is 1. The Bertz CT molecular complexity index is 1270. The predicted octanol–water partition coefficient (Wildman–Crippen LogP) is 2.60. The Labute approximate surface area is 227 Å². The first kappa shape index (κ1) is 29.8. The maximum atomic E-state index is 13.7. The lowest BCUT2D eigenvalue weighted by atomic mass is 9.95. The number of methoxy groups -OCH3 is 1. The average molecular weight is 541 g/mol. The van der Waals surface area contributed by atoms with Gasteiger partial charge in [-0.15, -0.1) is 0 Å². The minimum Gasteiger partial charge on any atom is -0.550 e. The highest BCUT2D eigenvalue weighted by molar-refractivity contribution is 5.94. The van der Waals surface area contributed by atoms with Gasteiger partial charge in [0.15, 0.2) is 5.69 Å². The van der Waals surface area contributed by atoms with Crippen molar-refractivity contribution in [3.63, 3.8) is 0 Å². The number of nitrogens with zero attached hydrogens (tertiary/aromatic N) is 3. The summed E-state index contributed by atoms with van der Waals surface area (Å²) in [6.07, 6.45) is -2.47. The molecule has 210 valence electrons. The van der Waals surface area contributed by atoms with Gasteiger partial charge in [-0.05, 0) is 67.1 Å². The highest BCUT2D eigenvalue weighted by Gasteiger charge is 2.28. The molecule has 39 heavy (non-hydrogen) atoms. The molecule has 2 aromatic carbocycles. The Morgan fingerprint density at radius 3 is 2.44 bits per heavy atom. The number of aromatic nitrogens is 2. The van der Waals surface area contributed by atoms with Crippen LogP contribution < -0.4 is 9.84 Å². The summed E-state index contributed by atoms with van der Waals surface area (Å²) in [6, 6.07) is 13.1. The topological polar surface area (TPSA) is 128 Å². The quantitative estimate of drug-likeness (QED) is 0.341. The monoisotopic (exact) mass is 540 g/mol. The fourth-order valence-corrected chi connectivity index (χ4v) is 4.57. The second-order valence-corrected chi connectivity index (χ2v) is 9.92. The summed E-state index contributed by atoms with van der Waals surface area (Å²) >= 11 is 0. The van der Waals surface area contributed by atoms with Crippen molar-refractivity contribution in [2.24, 2.45) is 0 Å². The molecular formula is C29H35FN3O6-. The fraction of sp³-hybridized carbons (Fsp3) is 0.414. The molecule has 0 aliphatic carbocycles. The van der Waals surface area contributed by atoms with Crippen LogP contribution in [0.1, 0.15) is 66.3 Å². The molecule has 0 aliphatic rings. The molecule has 3 aromatic rings. The van der Waals surface area contributed by atoms with Gasteiger partial charge in [-0.3, -0.25) is 4.79 Å². The van der Waals surface area contributed by atoms with Crippen LogP contribution in [0.5, 0.6) is 5.75 Å². The van der Waals surface area contributed by atoms with Crippen LogP contribution in [0, 0.1) is 5.82 Å². The van der Waals surface area contributed by atoms with E-state index in [4.69, 9.17) is 4.74 Å². The maximum Gasteiger partial charge on any atom is 0.274 e. The van der Waals surface area contributed by atoms with Gasteiger partial charge in [0.1, 0.15) is 11.6 Å². The molecule has 0 radical (unpaired) electrons. The molecular weight excluding hydrogens is 505 g/mol. The van der Waals surface area contributed by atoms with Crippen LogP contribution >= 0.6 is 0 Å². The summed E-state index contributed by atoms with van der Waals surface area (Å²) in [5, 5.41) is 35.8. The normalized spacial score (nSPS) is 12.8. The Kier molecular flexibility index (Phi) is 10.2. The molecule has 0 unspecified atom stereocenters. The molecule has 9 nitrogen and oxygen atoms in total. The smallest absolute Gasteiger partial charge is 0.274 e. The zero-order chi connectivity index (χ0) is 28.7. The molecule has 2 atom stereocenters.